The average molecular weight is 551 g/mol. The number of hydrogen-bond donors (Lipinski definition) is 3. The first-order valence-corrected chi connectivity index (χ1v) is 12.3. The van der Waals surface area contributed by atoms with Crippen LogP contribution in [0.15, 0.2) is 65.5 Å². The number of aryl methyl sites for hydroxylation is 1. The lowest BCUT2D eigenvalue weighted by molar-refractivity contribution is -0.114. The largest absolute Gasteiger partial charge is 0.496 e. The second-order valence-corrected chi connectivity index (χ2v) is 9.60. The van der Waals surface area contributed by atoms with Gasteiger partial charge in [-0.2, -0.15) is 0 Å². The van der Waals surface area contributed by atoms with Crippen LogP contribution in [0.3, 0.4) is 0 Å². The van der Waals surface area contributed by atoms with E-state index in [1.165, 1.54) is 7.11 Å². The molecule has 11 heteroatoms. The van der Waals surface area contributed by atoms with Gasteiger partial charge in [0.1, 0.15) is 5.75 Å². The molecule has 4 N–H and O–H groups in total. The highest BCUT2D eigenvalue weighted by molar-refractivity contribution is 6.08. The number of hydrogen-bond acceptors (Lipinski definition) is 6. The lowest BCUT2D eigenvalue weighted by Gasteiger charge is -2.17. The number of benzene rings is 3. The van der Waals surface area contributed by atoms with Gasteiger partial charge >= 0.3 is 0 Å². The van der Waals surface area contributed by atoms with E-state index < -0.39 is 29.5 Å². The third-order valence-electron chi connectivity index (χ3n) is 6.89. The standard InChI is InChI=1S/C29H25F3N4O4/c1-14-10-18(35-27(37)15(2)30)5-7-19(14)20-8-9-22-25(26(33)36-40-22)24(20)16-4-6-21(23(11-16)39-3)28(38)34-13-17-12-29(17,31)32/h4-11,17H,2,12-13H2,1,3H3,(H2,33,36)(H,34,38)(H,35,37). The average Bonchev–Trinajstić information content (AvgIpc) is 3.37. The fraction of sp³-hybridized carbons (Fsp3) is 0.207. The summed E-state index contributed by atoms with van der Waals surface area (Å²) in [6.45, 7) is 4.70. The van der Waals surface area contributed by atoms with Gasteiger partial charge in [-0.05, 0) is 65.6 Å². The molecule has 0 bridgehead atoms. The zero-order valence-electron chi connectivity index (χ0n) is 21.6. The second-order valence-electron chi connectivity index (χ2n) is 9.60. The van der Waals surface area contributed by atoms with Gasteiger partial charge in [0.15, 0.2) is 17.2 Å². The van der Waals surface area contributed by atoms with Crippen molar-refractivity contribution in [2.45, 2.75) is 19.3 Å². The summed E-state index contributed by atoms with van der Waals surface area (Å²) in [4.78, 5) is 24.5. The number of fused-ring (bicyclic) bond motifs is 1. The van der Waals surface area contributed by atoms with Crippen LogP contribution >= 0.6 is 0 Å². The number of aromatic nitrogens is 1. The van der Waals surface area contributed by atoms with E-state index in [2.05, 4.69) is 22.4 Å². The molecule has 0 radical (unpaired) electrons. The molecule has 0 aliphatic heterocycles. The molecule has 8 nitrogen and oxygen atoms in total. The number of halogens is 3. The predicted octanol–water partition coefficient (Wildman–Crippen LogP) is 5.87. The molecular weight excluding hydrogens is 525 g/mol. The maximum atomic E-state index is 13.2. The molecule has 1 aliphatic rings. The van der Waals surface area contributed by atoms with Crippen molar-refractivity contribution in [3.63, 3.8) is 0 Å². The van der Waals surface area contributed by atoms with Gasteiger partial charge in [0.25, 0.3) is 17.7 Å². The number of methoxy groups -OCH3 is 1. The Morgan fingerprint density at radius 3 is 2.55 bits per heavy atom. The van der Waals surface area contributed by atoms with Crippen molar-refractivity contribution >= 4 is 34.3 Å². The van der Waals surface area contributed by atoms with Crippen molar-refractivity contribution < 1.29 is 32.0 Å². The molecule has 4 aromatic rings. The number of carbonyl (C=O) groups excluding carboxylic acids is 2. The molecular formula is C29H25F3N4O4. The molecule has 3 aromatic carbocycles. The summed E-state index contributed by atoms with van der Waals surface area (Å²) in [5.74, 6) is -5.78. The number of ether oxygens (including phenoxy) is 1. The van der Waals surface area contributed by atoms with Gasteiger partial charge in [0, 0.05) is 30.1 Å². The molecule has 40 heavy (non-hydrogen) atoms. The maximum Gasteiger partial charge on any atom is 0.283 e. The highest BCUT2D eigenvalue weighted by Gasteiger charge is 2.56. The Morgan fingerprint density at radius 2 is 1.90 bits per heavy atom. The monoisotopic (exact) mass is 550 g/mol. The zero-order valence-corrected chi connectivity index (χ0v) is 21.6. The summed E-state index contributed by atoms with van der Waals surface area (Å²) < 4.78 is 50.6. The van der Waals surface area contributed by atoms with Gasteiger partial charge in [-0.1, -0.05) is 23.9 Å². The van der Waals surface area contributed by atoms with E-state index in [4.69, 9.17) is 15.0 Å². The molecule has 1 saturated carbocycles. The Hall–Kier alpha value is -4.80. The smallest absolute Gasteiger partial charge is 0.283 e. The van der Waals surface area contributed by atoms with Crippen LogP contribution < -0.4 is 21.1 Å². The van der Waals surface area contributed by atoms with Gasteiger partial charge < -0.3 is 25.6 Å². The second kappa shape index (κ2) is 10.1. The number of nitrogens with zero attached hydrogens (tertiary/aromatic N) is 1. The first-order chi connectivity index (χ1) is 19.0. The first kappa shape index (κ1) is 26.8. The minimum Gasteiger partial charge on any atom is -0.496 e. The Kier molecular flexibility index (Phi) is 6.74. The van der Waals surface area contributed by atoms with Crippen LogP contribution in [0, 0.1) is 12.8 Å². The van der Waals surface area contributed by atoms with Gasteiger partial charge in [-0.15, -0.1) is 0 Å². The molecule has 2 amide bonds. The lowest BCUT2D eigenvalue weighted by Crippen LogP contribution is -2.27. The van der Waals surface area contributed by atoms with E-state index in [1.54, 1.807) is 42.5 Å². The van der Waals surface area contributed by atoms with Crippen LogP contribution in [0.5, 0.6) is 5.75 Å². The summed E-state index contributed by atoms with van der Waals surface area (Å²) in [6, 6.07) is 13.6. The Bertz CT molecular complexity index is 1680. The predicted molar refractivity (Wildman–Crippen MR) is 145 cm³/mol. The van der Waals surface area contributed by atoms with Crippen molar-refractivity contribution in [3.05, 3.63) is 72.1 Å². The number of rotatable bonds is 8. The molecule has 1 heterocycles. The van der Waals surface area contributed by atoms with E-state index >= 15 is 0 Å². The highest BCUT2D eigenvalue weighted by atomic mass is 19.3. The molecule has 1 aromatic heterocycles. The molecule has 1 unspecified atom stereocenters. The van der Waals surface area contributed by atoms with Gasteiger partial charge in [0.2, 0.25) is 0 Å². The fourth-order valence-corrected chi connectivity index (χ4v) is 4.66. The molecule has 0 saturated heterocycles. The summed E-state index contributed by atoms with van der Waals surface area (Å²) in [5.41, 5.74) is 10.8. The van der Waals surface area contributed by atoms with Crippen LogP contribution in [0.4, 0.5) is 24.7 Å². The van der Waals surface area contributed by atoms with E-state index in [1.807, 2.05) is 13.0 Å². The van der Waals surface area contributed by atoms with Crippen molar-refractivity contribution in [2.75, 3.05) is 24.7 Å². The Labute approximate surface area is 227 Å². The molecule has 1 fully saturated rings. The Balaban J connectivity index is 1.56. The van der Waals surface area contributed by atoms with Crippen molar-refractivity contribution in [1.29, 1.82) is 0 Å². The molecule has 5 rings (SSSR count). The number of nitrogens with two attached hydrogens (primary N) is 1. The summed E-state index contributed by atoms with van der Waals surface area (Å²) in [7, 11) is 1.41. The highest BCUT2D eigenvalue weighted by Crippen LogP contribution is 2.48. The SMILES string of the molecule is C=C(F)C(=O)Nc1ccc(-c2ccc3onc(N)c3c2-c2ccc(C(=O)NCC3CC3(F)F)c(OC)c2)c(C)c1. The number of nitrogen functional groups attached to an aromatic ring is 1. The number of carbonyl (C=O) groups is 2. The number of alkyl halides is 2. The van der Waals surface area contributed by atoms with Crippen molar-refractivity contribution in [2.24, 2.45) is 5.92 Å². The third kappa shape index (κ3) is 4.97. The summed E-state index contributed by atoms with van der Waals surface area (Å²) >= 11 is 0. The third-order valence-corrected chi connectivity index (χ3v) is 6.89. The van der Waals surface area contributed by atoms with Crippen LogP contribution in [-0.2, 0) is 4.79 Å². The van der Waals surface area contributed by atoms with E-state index in [0.29, 0.717) is 27.8 Å². The van der Waals surface area contributed by atoms with Crippen LogP contribution in [0.1, 0.15) is 22.3 Å². The number of anilines is 2. The van der Waals surface area contributed by atoms with Crippen LogP contribution in [-0.4, -0.2) is 36.5 Å². The molecule has 0 spiro atoms. The Morgan fingerprint density at radius 1 is 1.18 bits per heavy atom. The normalized spacial score (nSPS) is 15.5. The van der Waals surface area contributed by atoms with E-state index in [9.17, 15) is 22.8 Å². The zero-order chi connectivity index (χ0) is 28.8. The van der Waals surface area contributed by atoms with Crippen molar-refractivity contribution in [1.82, 2.24) is 10.5 Å². The topological polar surface area (TPSA) is 119 Å². The minimum absolute atomic E-state index is 0.132. The summed E-state index contributed by atoms with van der Waals surface area (Å²) in [6.07, 6.45) is -0.242. The molecule has 206 valence electrons. The van der Waals surface area contributed by atoms with Crippen molar-refractivity contribution in [3.8, 4) is 28.0 Å². The maximum absolute atomic E-state index is 13.2. The fourth-order valence-electron chi connectivity index (χ4n) is 4.66. The summed E-state index contributed by atoms with van der Waals surface area (Å²) in [5, 5.41) is 9.44. The van der Waals surface area contributed by atoms with Gasteiger partial charge in [0.05, 0.1) is 18.1 Å². The van der Waals surface area contributed by atoms with Gasteiger partial charge in [-0.3, -0.25) is 9.59 Å². The number of nitrogens with one attached hydrogen (secondary N) is 2. The van der Waals surface area contributed by atoms with Gasteiger partial charge in [-0.25, -0.2) is 13.2 Å². The number of amides is 2. The molecule has 1 aliphatic carbocycles. The quantitative estimate of drug-likeness (QED) is 0.236. The minimum atomic E-state index is -2.74. The lowest BCUT2D eigenvalue weighted by atomic mass is 9.89. The van der Waals surface area contributed by atoms with Crippen LogP contribution in [0.2, 0.25) is 0 Å². The van der Waals surface area contributed by atoms with E-state index in [-0.39, 0.29) is 30.1 Å². The van der Waals surface area contributed by atoms with E-state index in [0.717, 1.165) is 16.7 Å². The van der Waals surface area contributed by atoms with Crippen LogP contribution in [0.25, 0.3) is 33.2 Å². The molecule has 1 atom stereocenters. The first-order valence-electron chi connectivity index (χ1n) is 12.3.